The van der Waals surface area contributed by atoms with Crippen LogP contribution in [-0.4, -0.2) is 39.8 Å². The van der Waals surface area contributed by atoms with Crippen LogP contribution in [0, 0.1) is 0 Å². The van der Waals surface area contributed by atoms with Gasteiger partial charge >= 0.3 is 6.18 Å². The van der Waals surface area contributed by atoms with Gasteiger partial charge in [-0.1, -0.05) is 0 Å². The fourth-order valence-corrected chi connectivity index (χ4v) is 2.92. The Balaban J connectivity index is 1.53. The van der Waals surface area contributed by atoms with Crippen LogP contribution in [0.3, 0.4) is 0 Å². The molecule has 1 aliphatic heterocycles. The van der Waals surface area contributed by atoms with Crippen molar-refractivity contribution in [1.82, 2.24) is 20.1 Å². The van der Waals surface area contributed by atoms with E-state index in [1.807, 2.05) is 11.8 Å². The van der Waals surface area contributed by atoms with E-state index in [0.29, 0.717) is 43.9 Å². The molecule has 0 unspecified atom stereocenters. The molecule has 2 aromatic rings. The normalized spacial score (nSPS) is 15.9. The van der Waals surface area contributed by atoms with Crippen LogP contribution < -0.4 is 10.2 Å². The van der Waals surface area contributed by atoms with Gasteiger partial charge < -0.3 is 10.2 Å². The molecule has 140 valence electrons. The van der Waals surface area contributed by atoms with Gasteiger partial charge in [0.1, 0.15) is 5.82 Å². The van der Waals surface area contributed by atoms with Gasteiger partial charge in [-0.3, -0.25) is 9.48 Å². The third-order valence-electron chi connectivity index (χ3n) is 4.45. The zero-order chi connectivity index (χ0) is 18.7. The van der Waals surface area contributed by atoms with Crippen LogP contribution >= 0.6 is 0 Å². The number of amides is 1. The number of hydrogen-bond acceptors (Lipinski definition) is 4. The summed E-state index contributed by atoms with van der Waals surface area (Å²) < 4.78 is 39.5. The first-order chi connectivity index (χ1) is 12.4. The molecule has 2 aromatic heterocycles. The Morgan fingerprint density at radius 2 is 2.00 bits per heavy atom. The van der Waals surface area contributed by atoms with Crippen LogP contribution in [0.25, 0.3) is 0 Å². The highest BCUT2D eigenvalue weighted by Gasteiger charge is 2.31. The van der Waals surface area contributed by atoms with Crippen molar-refractivity contribution in [1.29, 1.82) is 0 Å². The zero-order valence-electron chi connectivity index (χ0n) is 14.3. The molecule has 1 N–H and O–H groups in total. The maximum atomic E-state index is 12.6. The predicted octanol–water partition coefficient (Wildman–Crippen LogP) is 2.72. The van der Waals surface area contributed by atoms with Gasteiger partial charge in [-0.05, 0) is 31.9 Å². The number of piperidine rings is 1. The van der Waals surface area contributed by atoms with Crippen molar-refractivity contribution in [2.24, 2.45) is 0 Å². The minimum atomic E-state index is -4.38. The lowest BCUT2D eigenvalue weighted by Gasteiger charge is -2.33. The number of halogens is 3. The average molecular weight is 367 g/mol. The van der Waals surface area contributed by atoms with Crippen molar-refractivity contribution >= 4 is 11.7 Å². The van der Waals surface area contributed by atoms with Gasteiger partial charge in [-0.2, -0.15) is 18.3 Å². The van der Waals surface area contributed by atoms with Gasteiger partial charge in [0.15, 0.2) is 0 Å². The van der Waals surface area contributed by atoms with E-state index in [9.17, 15) is 18.0 Å². The molecule has 3 heterocycles. The molecule has 6 nitrogen and oxygen atoms in total. The number of alkyl halides is 3. The molecule has 0 aliphatic carbocycles. The summed E-state index contributed by atoms with van der Waals surface area (Å²) in [4.78, 5) is 18.1. The van der Waals surface area contributed by atoms with Crippen LogP contribution in [-0.2, 0) is 12.7 Å². The number of carbonyl (C=O) groups is 1. The van der Waals surface area contributed by atoms with Crippen molar-refractivity contribution in [3.8, 4) is 0 Å². The number of pyridine rings is 1. The number of carbonyl (C=O) groups excluding carboxylic acids is 1. The summed E-state index contributed by atoms with van der Waals surface area (Å²) in [6.45, 7) is 3.89. The average Bonchev–Trinajstić information content (AvgIpc) is 3.11. The second-order valence-electron chi connectivity index (χ2n) is 6.22. The summed E-state index contributed by atoms with van der Waals surface area (Å²) in [5.74, 6) is 0.364. The highest BCUT2D eigenvalue weighted by molar-refractivity contribution is 5.93. The molecule has 0 saturated carbocycles. The molecule has 1 saturated heterocycles. The highest BCUT2D eigenvalue weighted by atomic mass is 19.4. The minimum absolute atomic E-state index is 0.0261. The summed E-state index contributed by atoms with van der Waals surface area (Å²) in [6.07, 6.45) is 1.13. The SMILES string of the molecule is CCn1cc(C(=O)NC2CCN(c3ccc(C(F)(F)F)cn3)CC2)cn1. The molecule has 3 rings (SSSR count). The van der Waals surface area contributed by atoms with E-state index in [-0.39, 0.29) is 11.9 Å². The van der Waals surface area contributed by atoms with E-state index in [1.165, 1.54) is 6.07 Å². The van der Waals surface area contributed by atoms with Gasteiger partial charge in [0.2, 0.25) is 0 Å². The third kappa shape index (κ3) is 4.14. The molecule has 0 spiro atoms. The minimum Gasteiger partial charge on any atom is -0.356 e. The molecule has 0 radical (unpaired) electrons. The Hall–Kier alpha value is -2.58. The molecular formula is C17H20F3N5O. The smallest absolute Gasteiger partial charge is 0.356 e. The second-order valence-corrected chi connectivity index (χ2v) is 6.22. The number of aromatic nitrogens is 3. The van der Waals surface area contributed by atoms with Crippen molar-refractivity contribution in [2.45, 2.75) is 38.5 Å². The molecule has 1 aliphatic rings. The van der Waals surface area contributed by atoms with Crippen molar-refractivity contribution in [2.75, 3.05) is 18.0 Å². The molecule has 0 atom stereocenters. The van der Waals surface area contributed by atoms with Gasteiger partial charge in [-0.15, -0.1) is 0 Å². The largest absolute Gasteiger partial charge is 0.417 e. The predicted molar refractivity (Wildman–Crippen MR) is 89.8 cm³/mol. The Bertz CT molecular complexity index is 749. The third-order valence-corrected chi connectivity index (χ3v) is 4.45. The zero-order valence-corrected chi connectivity index (χ0v) is 14.3. The van der Waals surface area contributed by atoms with Gasteiger partial charge in [-0.25, -0.2) is 4.98 Å². The van der Waals surface area contributed by atoms with Crippen LogP contribution in [0.1, 0.15) is 35.7 Å². The number of rotatable bonds is 4. The molecular weight excluding hydrogens is 347 g/mol. The van der Waals surface area contributed by atoms with Gasteiger partial charge in [0.05, 0.1) is 17.3 Å². The number of nitrogens with zero attached hydrogens (tertiary/aromatic N) is 4. The molecule has 26 heavy (non-hydrogen) atoms. The molecule has 1 amide bonds. The summed E-state index contributed by atoms with van der Waals surface area (Å²) >= 11 is 0. The summed E-state index contributed by atoms with van der Waals surface area (Å²) in [7, 11) is 0. The maximum absolute atomic E-state index is 12.6. The second kappa shape index (κ2) is 7.35. The number of hydrogen-bond donors (Lipinski definition) is 1. The van der Waals surface area contributed by atoms with Gasteiger partial charge in [0, 0.05) is 38.1 Å². The molecule has 0 bridgehead atoms. The standard InChI is InChI=1S/C17H20F3N5O/c1-2-25-11-12(9-22-25)16(26)23-14-5-7-24(8-6-14)15-4-3-13(10-21-15)17(18,19)20/h3-4,9-11,14H,2,5-8H2,1H3,(H,23,26). The summed E-state index contributed by atoms with van der Waals surface area (Å²) in [5.41, 5.74) is -0.227. The van der Waals surface area contributed by atoms with E-state index >= 15 is 0 Å². The Labute approximate surface area is 149 Å². The van der Waals surface area contributed by atoms with E-state index in [4.69, 9.17) is 0 Å². The van der Waals surface area contributed by atoms with Crippen LogP contribution in [0.15, 0.2) is 30.7 Å². The van der Waals surface area contributed by atoms with Crippen LogP contribution in [0.4, 0.5) is 19.0 Å². The van der Waals surface area contributed by atoms with Crippen molar-refractivity contribution in [3.63, 3.8) is 0 Å². The topological polar surface area (TPSA) is 63.1 Å². The summed E-state index contributed by atoms with van der Waals surface area (Å²) in [6, 6.07) is 2.46. The number of aryl methyl sites for hydroxylation is 1. The molecule has 1 fully saturated rings. The van der Waals surface area contributed by atoms with E-state index in [0.717, 1.165) is 12.3 Å². The number of anilines is 1. The Morgan fingerprint density at radius 3 is 2.54 bits per heavy atom. The first-order valence-corrected chi connectivity index (χ1v) is 8.48. The lowest BCUT2D eigenvalue weighted by molar-refractivity contribution is -0.137. The fourth-order valence-electron chi connectivity index (χ4n) is 2.92. The maximum Gasteiger partial charge on any atom is 0.417 e. The van der Waals surface area contributed by atoms with Crippen LogP contribution in [0.2, 0.25) is 0 Å². The van der Waals surface area contributed by atoms with Crippen molar-refractivity contribution < 1.29 is 18.0 Å². The Kier molecular flexibility index (Phi) is 5.15. The first-order valence-electron chi connectivity index (χ1n) is 8.48. The van der Waals surface area contributed by atoms with E-state index in [2.05, 4.69) is 15.4 Å². The number of nitrogens with one attached hydrogen (secondary N) is 1. The van der Waals surface area contributed by atoms with Crippen molar-refractivity contribution in [3.05, 3.63) is 41.9 Å². The lowest BCUT2D eigenvalue weighted by Crippen LogP contribution is -2.44. The summed E-state index contributed by atoms with van der Waals surface area (Å²) in [5, 5.41) is 7.07. The Morgan fingerprint density at radius 1 is 1.27 bits per heavy atom. The molecule has 0 aromatic carbocycles. The van der Waals surface area contributed by atoms with E-state index in [1.54, 1.807) is 17.1 Å². The fraction of sp³-hybridized carbons (Fsp3) is 0.471. The lowest BCUT2D eigenvalue weighted by atomic mass is 10.0. The first kappa shape index (κ1) is 18.2. The van der Waals surface area contributed by atoms with Crippen LogP contribution in [0.5, 0.6) is 0 Å². The highest BCUT2D eigenvalue weighted by Crippen LogP contribution is 2.29. The quantitative estimate of drug-likeness (QED) is 0.903. The van der Waals surface area contributed by atoms with Gasteiger partial charge in [0.25, 0.3) is 5.91 Å². The molecule has 9 heteroatoms. The van der Waals surface area contributed by atoms with E-state index < -0.39 is 11.7 Å². The monoisotopic (exact) mass is 367 g/mol.